The maximum Gasteiger partial charge on any atom is 0.0540 e. The van der Waals surface area contributed by atoms with Crippen molar-refractivity contribution in [1.82, 2.24) is 4.90 Å². The topological polar surface area (TPSA) is 23.5 Å². The van der Waals surface area contributed by atoms with Gasteiger partial charge >= 0.3 is 0 Å². The van der Waals surface area contributed by atoms with E-state index in [4.69, 9.17) is 5.11 Å². The smallest absolute Gasteiger partial charge is 0.0540 e. The highest BCUT2D eigenvalue weighted by molar-refractivity contribution is 5.41. The minimum absolute atomic E-state index is 0.138. The number of aliphatic hydroxyl groups excluding tert-OH is 1. The first-order chi connectivity index (χ1) is 9.35. The molecule has 1 fully saturated rings. The van der Waals surface area contributed by atoms with Gasteiger partial charge in [0.1, 0.15) is 0 Å². The molecular weight excluding hydrogens is 234 g/mol. The van der Waals surface area contributed by atoms with Gasteiger partial charge in [-0.25, -0.2) is 0 Å². The standard InChI is InChI=1S/C17H23NO/c1-2-17-11-7-12-18(17)14-16-10-4-3-8-15(16)9-5-6-13-19/h3-4,8,10,17,19H,2,6-7,11-14H2,1H3. The van der Waals surface area contributed by atoms with E-state index in [-0.39, 0.29) is 6.61 Å². The summed E-state index contributed by atoms with van der Waals surface area (Å²) in [7, 11) is 0. The van der Waals surface area contributed by atoms with Crippen molar-refractivity contribution in [2.45, 2.75) is 45.2 Å². The number of hydrogen-bond acceptors (Lipinski definition) is 2. The van der Waals surface area contributed by atoms with Crippen molar-refractivity contribution in [1.29, 1.82) is 0 Å². The molecule has 0 aromatic heterocycles. The van der Waals surface area contributed by atoms with Crippen molar-refractivity contribution in [2.24, 2.45) is 0 Å². The Hall–Kier alpha value is -1.30. The molecule has 19 heavy (non-hydrogen) atoms. The molecular formula is C17H23NO. The fraction of sp³-hybridized carbons (Fsp3) is 0.529. The first-order valence-electron chi connectivity index (χ1n) is 7.26. The minimum atomic E-state index is 0.138. The van der Waals surface area contributed by atoms with Crippen molar-refractivity contribution < 1.29 is 5.11 Å². The quantitative estimate of drug-likeness (QED) is 0.838. The summed E-state index contributed by atoms with van der Waals surface area (Å²) in [5, 5.41) is 8.80. The largest absolute Gasteiger partial charge is 0.395 e. The van der Waals surface area contributed by atoms with Crippen LogP contribution in [0.1, 0.15) is 43.7 Å². The van der Waals surface area contributed by atoms with Gasteiger partial charge in [-0.1, -0.05) is 37.0 Å². The van der Waals surface area contributed by atoms with Gasteiger partial charge in [-0.2, -0.15) is 0 Å². The van der Waals surface area contributed by atoms with E-state index in [0.29, 0.717) is 6.42 Å². The minimum Gasteiger partial charge on any atom is -0.395 e. The summed E-state index contributed by atoms with van der Waals surface area (Å²) >= 11 is 0. The fourth-order valence-corrected chi connectivity index (χ4v) is 2.78. The molecule has 1 aromatic rings. The number of nitrogens with zero attached hydrogens (tertiary/aromatic N) is 1. The third kappa shape index (κ3) is 3.83. The van der Waals surface area contributed by atoms with E-state index in [9.17, 15) is 0 Å². The third-order valence-corrected chi connectivity index (χ3v) is 3.82. The van der Waals surface area contributed by atoms with Crippen LogP contribution in [0.3, 0.4) is 0 Å². The third-order valence-electron chi connectivity index (χ3n) is 3.82. The van der Waals surface area contributed by atoms with Crippen LogP contribution in [-0.4, -0.2) is 29.2 Å². The van der Waals surface area contributed by atoms with Gasteiger partial charge in [0.05, 0.1) is 6.61 Å². The van der Waals surface area contributed by atoms with Gasteiger partial charge in [0.2, 0.25) is 0 Å². The molecule has 102 valence electrons. The van der Waals surface area contributed by atoms with E-state index in [1.165, 1.54) is 31.4 Å². The zero-order valence-electron chi connectivity index (χ0n) is 11.7. The first-order valence-corrected chi connectivity index (χ1v) is 7.26. The lowest BCUT2D eigenvalue weighted by atomic mass is 10.1. The molecule has 1 saturated heterocycles. The van der Waals surface area contributed by atoms with E-state index in [2.05, 4.69) is 41.9 Å². The maximum atomic E-state index is 8.80. The van der Waals surface area contributed by atoms with Crippen molar-refractivity contribution in [3.63, 3.8) is 0 Å². The van der Waals surface area contributed by atoms with Crippen LogP contribution < -0.4 is 0 Å². The van der Waals surface area contributed by atoms with Crippen LogP contribution in [0.2, 0.25) is 0 Å². The number of hydrogen-bond donors (Lipinski definition) is 1. The summed E-state index contributed by atoms with van der Waals surface area (Å²) in [6, 6.07) is 9.11. The van der Waals surface area contributed by atoms with Crippen LogP contribution in [-0.2, 0) is 6.54 Å². The van der Waals surface area contributed by atoms with Crippen molar-refractivity contribution in [2.75, 3.05) is 13.2 Å². The lowest BCUT2D eigenvalue weighted by Gasteiger charge is -2.23. The Balaban J connectivity index is 2.10. The predicted octanol–water partition coefficient (Wildman–Crippen LogP) is 2.79. The zero-order chi connectivity index (χ0) is 13.5. The number of likely N-dealkylation sites (tertiary alicyclic amines) is 1. The average Bonchev–Trinajstić information content (AvgIpc) is 2.88. The second kappa shape index (κ2) is 7.33. The lowest BCUT2D eigenvalue weighted by molar-refractivity contribution is 0.240. The van der Waals surface area contributed by atoms with Crippen LogP contribution in [0, 0.1) is 11.8 Å². The van der Waals surface area contributed by atoms with E-state index >= 15 is 0 Å². The maximum absolute atomic E-state index is 8.80. The Bertz CT molecular complexity index is 458. The van der Waals surface area contributed by atoms with Gasteiger partial charge in [0, 0.05) is 24.6 Å². The summed E-state index contributed by atoms with van der Waals surface area (Å²) in [4.78, 5) is 2.58. The normalized spacial score (nSPS) is 19.2. The molecule has 0 amide bonds. The molecule has 1 aromatic carbocycles. The molecule has 0 bridgehead atoms. The lowest BCUT2D eigenvalue weighted by Crippen LogP contribution is -2.28. The number of aliphatic hydroxyl groups is 1. The summed E-state index contributed by atoms with van der Waals surface area (Å²) in [5.74, 6) is 6.21. The van der Waals surface area contributed by atoms with Crippen LogP contribution >= 0.6 is 0 Å². The summed E-state index contributed by atoms with van der Waals surface area (Å²) in [6.07, 6.45) is 4.43. The second-order valence-corrected chi connectivity index (χ2v) is 5.11. The van der Waals surface area contributed by atoms with Gasteiger partial charge in [-0.05, 0) is 37.4 Å². The van der Waals surface area contributed by atoms with Gasteiger partial charge in [0.15, 0.2) is 0 Å². The SMILES string of the molecule is CCC1CCCN1Cc1ccccc1C#CCCO. The highest BCUT2D eigenvalue weighted by atomic mass is 16.2. The predicted molar refractivity (Wildman–Crippen MR) is 78.7 cm³/mol. The highest BCUT2D eigenvalue weighted by Crippen LogP contribution is 2.23. The molecule has 1 heterocycles. The molecule has 1 N–H and O–H groups in total. The summed E-state index contributed by atoms with van der Waals surface area (Å²) in [6.45, 7) is 4.62. The molecule has 2 rings (SSSR count). The molecule has 2 nitrogen and oxygen atoms in total. The zero-order valence-corrected chi connectivity index (χ0v) is 11.7. The average molecular weight is 257 g/mol. The van der Waals surface area contributed by atoms with Gasteiger partial charge < -0.3 is 5.11 Å². The fourth-order valence-electron chi connectivity index (χ4n) is 2.78. The Morgan fingerprint density at radius 2 is 2.21 bits per heavy atom. The van der Waals surface area contributed by atoms with Crippen molar-refractivity contribution in [3.05, 3.63) is 35.4 Å². The molecule has 1 unspecified atom stereocenters. The summed E-state index contributed by atoms with van der Waals surface area (Å²) < 4.78 is 0. The molecule has 1 aliphatic heterocycles. The molecule has 0 radical (unpaired) electrons. The monoisotopic (exact) mass is 257 g/mol. The van der Waals surface area contributed by atoms with E-state index in [1.54, 1.807) is 0 Å². The van der Waals surface area contributed by atoms with Crippen molar-refractivity contribution >= 4 is 0 Å². The van der Waals surface area contributed by atoms with E-state index in [1.807, 2.05) is 6.07 Å². The van der Waals surface area contributed by atoms with Gasteiger partial charge in [-0.15, -0.1) is 0 Å². The van der Waals surface area contributed by atoms with Crippen LogP contribution in [0.5, 0.6) is 0 Å². The van der Waals surface area contributed by atoms with Crippen molar-refractivity contribution in [3.8, 4) is 11.8 Å². The highest BCUT2D eigenvalue weighted by Gasteiger charge is 2.22. The second-order valence-electron chi connectivity index (χ2n) is 5.11. The summed E-state index contributed by atoms with van der Waals surface area (Å²) in [5.41, 5.74) is 2.42. The van der Waals surface area contributed by atoms with Gasteiger partial charge in [-0.3, -0.25) is 4.90 Å². The first kappa shape index (κ1) is 14.1. The Labute approximate surface area is 116 Å². The number of benzene rings is 1. The molecule has 1 aliphatic rings. The van der Waals surface area contributed by atoms with E-state index < -0.39 is 0 Å². The molecule has 0 spiro atoms. The Morgan fingerprint density at radius 1 is 1.37 bits per heavy atom. The van der Waals surface area contributed by atoms with Crippen LogP contribution in [0.25, 0.3) is 0 Å². The molecule has 0 aliphatic carbocycles. The Morgan fingerprint density at radius 3 is 3.00 bits per heavy atom. The molecule has 1 atom stereocenters. The number of rotatable bonds is 4. The molecule has 0 saturated carbocycles. The molecule has 2 heteroatoms. The van der Waals surface area contributed by atoms with E-state index in [0.717, 1.165) is 18.2 Å². The Kier molecular flexibility index (Phi) is 5.44. The van der Waals surface area contributed by atoms with Crippen LogP contribution in [0.4, 0.5) is 0 Å². The van der Waals surface area contributed by atoms with Gasteiger partial charge in [0.25, 0.3) is 0 Å². The van der Waals surface area contributed by atoms with Crippen LogP contribution in [0.15, 0.2) is 24.3 Å².